The van der Waals surface area contributed by atoms with Crippen LogP contribution in [0.15, 0.2) is 48.7 Å². The number of anilines is 4. The van der Waals surface area contributed by atoms with Crippen LogP contribution in [0.3, 0.4) is 0 Å². The number of fused-ring (bicyclic) bond motifs is 1. The molecule has 1 aliphatic heterocycles. The molecule has 0 aliphatic carbocycles. The second-order valence-corrected chi connectivity index (χ2v) is 9.93. The molecule has 1 aromatic heterocycles. The Morgan fingerprint density at radius 3 is 2.69 bits per heavy atom. The molecule has 0 spiro atoms. The molecule has 9 heteroatoms. The molecule has 0 fully saturated rings. The molecule has 3 aromatic rings. The summed E-state index contributed by atoms with van der Waals surface area (Å²) < 4.78 is 0. The van der Waals surface area contributed by atoms with Gasteiger partial charge < -0.3 is 21.3 Å². The van der Waals surface area contributed by atoms with Crippen LogP contribution >= 0.6 is 11.6 Å². The highest BCUT2D eigenvalue weighted by atomic mass is 35.5. The standard InChI is InChI=1S/C26H29ClN6O2/c1-15(2)30-24(35)18-7-5-6-8-21(18)32-23-20(27)13-28-25(33-23)31-17-10-9-16-11-22(34)29-14-26(3,4)19(16)12-17/h5-10,12-13,15H,11,14H2,1-4H3,(H,29,34)(H,30,35)(H2,28,31,32,33). The normalized spacial score (nSPS) is 14.5. The summed E-state index contributed by atoms with van der Waals surface area (Å²) in [4.78, 5) is 33.5. The van der Waals surface area contributed by atoms with E-state index in [4.69, 9.17) is 11.6 Å². The molecule has 4 N–H and O–H groups in total. The predicted octanol–water partition coefficient (Wildman–Crippen LogP) is 4.71. The van der Waals surface area contributed by atoms with Gasteiger partial charge in [-0.2, -0.15) is 4.98 Å². The number of aromatic nitrogens is 2. The van der Waals surface area contributed by atoms with Crippen molar-refractivity contribution in [1.29, 1.82) is 0 Å². The lowest BCUT2D eigenvalue weighted by molar-refractivity contribution is -0.120. The van der Waals surface area contributed by atoms with Crippen molar-refractivity contribution in [2.45, 2.75) is 45.6 Å². The highest BCUT2D eigenvalue weighted by molar-refractivity contribution is 6.33. The minimum Gasteiger partial charge on any atom is -0.355 e. The predicted molar refractivity (Wildman–Crippen MR) is 139 cm³/mol. The summed E-state index contributed by atoms with van der Waals surface area (Å²) in [5.41, 5.74) is 3.76. The first-order valence-corrected chi connectivity index (χ1v) is 11.9. The van der Waals surface area contributed by atoms with Gasteiger partial charge in [0.25, 0.3) is 5.91 Å². The van der Waals surface area contributed by atoms with Crippen LogP contribution in [-0.4, -0.2) is 34.4 Å². The Balaban J connectivity index is 1.60. The Morgan fingerprint density at radius 2 is 1.91 bits per heavy atom. The Labute approximate surface area is 209 Å². The quantitative estimate of drug-likeness (QED) is 0.397. The fourth-order valence-electron chi connectivity index (χ4n) is 3.99. The average molecular weight is 493 g/mol. The summed E-state index contributed by atoms with van der Waals surface area (Å²) in [6.07, 6.45) is 1.86. The number of carbonyl (C=O) groups is 2. The van der Waals surface area contributed by atoms with Crippen LogP contribution in [0.25, 0.3) is 0 Å². The first kappa shape index (κ1) is 24.5. The number of carbonyl (C=O) groups excluding carboxylic acids is 2. The summed E-state index contributed by atoms with van der Waals surface area (Å²) in [6, 6.07) is 13.1. The molecule has 2 heterocycles. The fourth-order valence-corrected chi connectivity index (χ4v) is 4.13. The van der Waals surface area contributed by atoms with Crippen LogP contribution in [0.5, 0.6) is 0 Å². The van der Waals surface area contributed by atoms with E-state index in [1.165, 1.54) is 6.20 Å². The largest absolute Gasteiger partial charge is 0.355 e. The van der Waals surface area contributed by atoms with Gasteiger partial charge in [0.05, 0.1) is 23.9 Å². The second-order valence-electron chi connectivity index (χ2n) is 9.52. The summed E-state index contributed by atoms with van der Waals surface area (Å²) in [5, 5.41) is 12.6. The maximum absolute atomic E-state index is 12.6. The van der Waals surface area contributed by atoms with Crippen molar-refractivity contribution in [3.63, 3.8) is 0 Å². The summed E-state index contributed by atoms with van der Waals surface area (Å²) in [7, 11) is 0. The molecule has 0 unspecified atom stereocenters. The summed E-state index contributed by atoms with van der Waals surface area (Å²) >= 11 is 6.37. The highest BCUT2D eigenvalue weighted by Crippen LogP contribution is 2.32. The van der Waals surface area contributed by atoms with E-state index in [1.807, 2.05) is 38.1 Å². The molecule has 0 bridgehead atoms. The van der Waals surface area contributed by atoms with Gasteiger partial charge >= 0.3 is 0 Å². The molecule has 4 rings (SSSR count). The number of amides is 2. The van der Waals surface area contributed by atoms with Crippen LogP contribution in [0.2, 0.25) is 5.02 Å². The van der Waals surface area contributed by atoms with Gasteiger partial charge in [-0.3, -0.25) is 9.59 Å². The molecule has 1 aliphatic rings. The smallest absolute Gasteiger partial charge is 0.253 e. The molecule has 0 saturated heterocycles. The molecular formula is C26H29ClN6O2. The van der Waals surface area contributed by atoms with Crippen LogP contribution in [0, 0.1) is 0 Å². The van der Waals surface area contributed by atoms with Crippen molar-refractivity contribution in [1.82, 2.24) is 20.6 Å². The molecule has 8 nitrogen and oxygen atoms in total. The van der Waals surface area contributed by atoms with Crippen molar-refractivity contribution in [2.75, 3.05) is 17.2 Å². The number of hydrogen-bond donors (Lipinski definition) is 4. The Hall–Kier alpha value is -3.65. The minimum absolute atomic E-state index is 0.00814. The van der Waals surface area contributed by atoms with E-state index in [1.54, 1.807) is 18.2 Å². The minimum atomic E-state index is -0.215. The number of benzene rings is 2. The van der Waals surface area contributed by atoms with Crippen LogP contribution < -0.4 is 21.3 Å². The zero-order valence-corrected chi connectivity index (χ0v) is 21.0. The molecule has 182 valence electrons. The van der Waals surface area contributed by atoms with E-state index in [2.05, 4.69) is 45.1 Å². The van der Waals surface area contributed by atoms with Gasteiger partial charge in [-0.1, -0.05) is 43.6 Å². The molecule has 2 amide bonds. The number of halogens is 1. The Bertz CT molecular complexity index is 1270. The average Bonchev–Trinajstić information content (AvgIpc) is 2.91. The summed E-state index contributed by atoms with van der Waals surface area (Å²) in [5.74, 6) is 0.560. The van der Waals surface area contributed by atoms with Crippen molar-refractivity contribution >= 4 is 46.6 Å². The van der Waals surface area contributed by atoms with Crippen molar-refractivity contribution in [3.8, 4) is 0 Å². The monoisotopic (exact) mass is 492 g/mol. The van der Waals surface area contributed by atoms with E-state index < -0.39 is 0 Å². The van der Waals surface area contributed by atoms with Gasteiger partial charge in [0.2, 0.25) is 11.9 Å². The van der Waals surface area contributed by atoms with Gasteiger partial charge in [0.15, 0.2) is 5.82 Å². The van der Waals surface area contributed by atoms with Crippen LogP contribution in [0.4, 0.5) is 23.1 Å². The number of nitrogens with zero attached hydrogens (tertiary/aromatic N) is 2. The number of rotatable bonds is 6. The first-order valence-electron chi connectivity index (χ1n) is 11.5. The number of hydrogen-bond acceptors (Lipinski definition) is 6. The lowest BCUT2D eigenvalue weighted by atomic mass is 9.81. The zero-order chi connectivity index (χ0) is 25.2. The van der Waals surface area contributed by atoms with Gasteiger partial charge in [-0.05, 0) is 49.2 Å². The third-order valence-corrected chi connectivity index (χ3v) is 6.04. The molecule has 2 aromatic carbocycles. The highest BCUT2D eigenvalue weighted by Gasteiger charge is 2.28. The van der Waals surface area contributed by atoms with E-state index in [0.717, 1.165) is 16.8 Å². The lowest BCUT2D eigenvalue weighted by Gasteiger charge is -2.25. The zero-order valence-electron chi connectivity index (χ0n) is 20.2. The maximum Gasteiger partial charge on any atom is 0.253 e. The molecule has 0 radical (unpaired) electrons. The van der Waals surface area contributed by atoms with E-state index in [-0.39, 0.29) is 23.3 Å². The van der Waals surface area contributed by atoms with Crippen molar-refractivity contribution in [3.05, 3.63) is 70.4 Å². The summed E-state index contributed by atoms with van der Waals surface area (Å²) in [6.45, 7) is 8.59. The van der Waals surface area contributed by atoms with Gasteiger partial charge in [0, 0.05) is 23.7 Å². The van der Waals surface area contributed by atoms with Crippen molar-refractivity contribution < 1.29 is 9.59 Å². The van der Waals surface area contributed by atoms with E-state index >= 15 is 0 Å². The third-order valence-electron chi connectivity index (χ3n) is 5.76. The van der Waals surface area contributed by atoms with Crippen LogP contribution in [0.1, 0.15) is 49.2 Å². The maximum atomic E-state index is 12.6. The fraction of sp³-hybridized carbons (Fsp3) is 0.308. The van der Waals surface area contributed by atoms with Gasteiger partial charge in [0.1, 0.15) is 5.02 Å². The Kier molecular flexibility index (Phi) is 6.93. The first-order chi connectivity index (χ1) is 16.6. The molecule has 0 saturated carbocycles. The van der Waals surface area contributed by atoms with Crippen molar-refractivity contribution in [2.24, 2.45) is 0 Å². The second kappa shape index (κ2) is 9.92. The lowest BCUT2D eigenvalue weighted by Crippen LogP contribution is -2.34. The molecular weight excluding hydrogens is 464 g/mol. The van der Waals surface area contributed by atoms with E-state index in [0.29, 0.717) is 41.0 Å². The number of nitrogens with one attached hydrogen (secondary N) is 4. The van der Waals surface area contributed by atoms with Gasteiger partial charge in [-0.15, -0.1) is 0 Å². The SMILES string of the molecule is CC(C)NC(=O)c1ccccc1Nc1nc(Nc2ccc3c(c2)C(C)(C)CNC(=O)C3)ncc1Cl. The molecule has 35 heavy (non-hydrogen) atoms. The van der Waals surface area contributed by atoms with Crippen LogP contribution in [-0.2, 0) is 16.6 Å². The molecule has 0 atom stereocenters. The third kappa shape index (κ3) is 5.71. The number of para-hydroxylation sites is 1. The Morgan fingerprint density at radius 1 is 1.14 bits per heavy atom. The topological polar surface area (TPSA) is 108 Å². The van der Waals surface area contributed by atoms with E-state index in [9.17, 15) is 9.59 Å². The van der Waals surface area contributed by atoms with Gasteiger partial charge in [-0.25, -0.2) is 4.98 Å².